The molecule has 1 aliphatic rings. The lowest BCUT2D eigenvalue weighted by Gasteiger charge is -2.28. The first-order chi connectivity index (χ1) is 6.36. The van der Waals surface area contributed by atoms with Crippen molar-refractivity contribution in [3.63, 3.8) is 0 Å². The second-order valence-corrected chi connectivity index (χ2v) is 3.00. The minimum Gasteiger partial charge on any atom is -0.355 e. The summed E-state index contributed by atoms with van der Waals surface area (Å²) in [5.74, 6) is 0.862. The van der Waals surface area contributed by atoms with Crippen LogP contribution in [0.3, 0.4) is 0 Å². The number of H-pyrrole nitrogens is 1. The third-order valence-corrected chi connectivity index (χ3v) is 2.12. The zero-order valence-corrected chi connectivity index (χ0v) is 9.74. The summed E-state index contributed by atoms with van der Waals surface area (Å²) in [6.45, 7) is 3.79. The molecule has 0 atom stereocenters. The van der Waals surface area contributed by atoms with Crippen LogP contribution < -0.4 is 15.9 Å². The molecule has 1 aliphatic heterocycles. The van der Waals surface area contributed by atoms with Gasteiger partial charge in [-0.3, -0.25) is 4.98 Å². The van der Waals surface area contributed by atoms with Gasteiger partial charge in [0.15, 0.2) is 0 Å². The van der Waals surface area contributed by atoms with Crippen LogP contribution in [0.2, 0.25) is 0 Å². The lowest BCUT2D eigenvalue weighted by Crippen LogP contribution is -2.44. The predicted octanol–water partition coefficient (Wildman–Crippen LogP) is 0.0231. The smallest absolute Gasteiger partial charge is 0.346 e. The Hall–Kier alpha value is -0.780. The van der Waals surface area contributed by atoms with Gasteiger partial charge in [-0.25, -0.2) is 9.78 Å². The first kappa shape index (κ1) is 14.2. The molecule has 1 aromatic heterocycles. The quantitative estimate of drug-likeness (QED) is 0.741. The normalized spacial score (nSPS) is 15.1. The fraction of sp³-hybridized carbons (Fsp3) is 0.500. The average molecular weight is 253 g/mol. The van der Waals surface area contributed by atoms with Crippen molar-refractivity contribution in [1.29, 1.82) is 0 Å². The van der Waals surface area contributed by atoms with Crippen LogP contribution in [0.25, 0.3) is 0 Å². The molecule has 1 aromatic rings. The van der Waals surface area contributed by atoms with Crippen LogP contribution in [0.15, 0.2) is 17.1 Å². The Morgan fingerprint density at radius 3 is 2.53 bits per heavy atom. The summed E-state index contributed by atoms with van der Waals surface area (Å²) in [5, 5.41) is 3.25. The number of halogens is 2. The second kappa shape index (κ2) is 6.66. The van der Waals surface area contributed by atoms with Crippen molar-refractivity contribution in [3.8, 4) is 0 Å². The molecule has 5 nitrogen and oxygen atoms in total. The van der Waals surface area contributed by atoms with Crippen molar-refractivity contribution < 1.29 is 0 Å². The average Bonchev–Trinajstić information content (AvgIpc) is 2.19. The minimum atomic E-state index is -0.281. The van der Waals surface area contributed by atoms with Crippen molar-refractivity contribution in [1.82, 2.24) is 15.3 Å². The summed E-state index contributed by atoms with van der Waals surface area (Å²) in [7, 11) is 0. The predicted molar refractivity (Wildman–Crippen MR) is 64.4 cm³/mol. The van der Waals surface area contributed by atoms with Crippen molar-refractivity contribution in [2.24, 2.45) is 0 Å². The van der Waals surface area contributed by atoms with E-state index in [1.54, 1.807) is 0 Å². The first-order valence-electron chi connectivity index (χ1n) is 4.37. The molecule has 0 unspecified atom stereocenters. The number of aromatic nitrogens is 2. The molecule has 0 spiro atoms. The second-order valence-electron chi connectivity index (χ2n) is 3.00. The van der Waals surface area contributed by atoms with Crippen molar-refractivity contribution in [2.75, 3.05) is 31.1 Å². The third kappa shape index (κ3) is 3.70. The summed E-state index contributed by atoms with van der Waals surface area (Å²) >= 11 is 0. The van der Waals surface area contributed by atoms with Crippen LogP contribution in [0.5, 0.6) is 0 Å². The molecule has 2 N–H and O–H groups in total. The monoisotopic (exact) mass is 252 g/mol. The van der Waals surface area contributed by atoms with Gasteiger partial charge in [0.25, 0.3) is 0 Å². The number of rotatable bonds is 1. The van der Waals surface area contributed by atoms with E-state index in [4.69, 9.17) is 0 Å². The zero-order valence-electron chi connectivity index (χ0n) is 8.10. The lowest BCUT2D eigenvalue weighted by atomic mass is 10.3. The van der Waals surface area contributed by atoms with Gasteiger partial charge >= 0.3 is 5.69 Å². The topological polar surface area (TPSA) is 61.0 Å². The molecule has 0 bridgehead atoms. The van der Waals surface area contributed by atoms with E-state index in [1.807, 2.05) is 6.07 Å². The maximum atomic E-state index is 10.9. The molecule has 0 radical (unpaired) electrons. The maximum absolute atomic E-state index is 10.9. The van der Waals surface area contributed by atoms with E-state index >= 15 is 0 Å². The molecule has 86 valence electrons. The van der Waals surface area contributed by atoms with E-state index in [0.717, 1.165) is 32.0 Å². The number of anilines is 1. The van der Waals surface area contributed by atoms with Crippen LogP contribution in [0.4, 0.5) is 5.82 Å². The molecular weight excluding hydrogens is 239 g/mol. The van der Waals surface area contributed by atoms with Gasteiger partial charge in [0.2, 0.25) is 0 Å². The Morgan fingerprint density at radius 1 is 1.27 bits per heavy atom. The number of hydrogen-bond acceptors (Lipinski definition) is 4. The van der Waals surface area contributed by atoms with Crippen LogP contribution in [0, 0.1) is 0 Å². The Balaban J connectivity index is 0.000000980. The van der Waals surface area contributed by atoms with Gasteiger partial charge in [0, 0.05) is 32.4 Å². The Labute approximate surface area is 100 Å². The molecule has 0 aromatic carbocycles. The van der Waals surface area contributed by atoms with E-state index in [-0.39, 0.29) is 30.5 Å². The van der Waals surface area contributed by atoms with Crippen LogP contribution in [0.1, 0.15) is 0 Å². The lowest BCUT2D eigenvalue weighted by molar-refractivity contribution is 0.584. The van der Waals surface area contributed by atoms with Crippen LogP contribution in [-0.4, -0.2) is 36.1 Å². The summed E-state index contributed by atoms with van der Waals surface area (Å²) in [5.41, 5.74) is -0.281. The Bertz CT molecular complexity index is 337. The van der Waals surface area contributed by atoms with Crippen LogP contribution >= 0.6 is 24.8 Å². The molecule has 1 fully saturated rings. The number of hydrogen-bond donors (Lipinski definition) is 2. The first-order valence-corrected chi connectivity index (χ1v) is 4.37. The van der Waals surface area contributed by atoms with Crippen LogP contribution in [-0.2, 0) is 0 Å². The van der Waals surface area contributed by atoms with Gasteiger partial charge < -0.3 is 10.2 Å². The van der Waals surface area contributed by atoms with Crippen molar-refractivity contribution in [3.05, 3.63) is 22.7 Å². The van der Waals surface area contributed by atoms with E-state index in [1.165, 1.54) is 6.20 Å². The summed E-state index contributed by atoms with van der Waals surface area (Å²) in [4.78, 5) is 19.4. The highest BCUT2D eigenvalue weighted by atomic mass is 35.5. The molecule has 0 amide bonds. The standard InChI is InChI=1S/C8H12N4O.2ClH/c13-8-10-2-1-7(11-8)12-5-3-9-4-6-12;;/h1-2,9H,3-6H2,(H,10,11,13);2*1H. The fourth-order valence-corrected chi connectivity index (χ4v) is 1.45. The Morgan fingerprint density at radius 2 is 1.93 bits per heavy atom. The molecule has 0 saturated carbocycles. The van der Waals surface area contributed by atoms with Crippen molar-refractivity contribution in [2.45, 2.75) is 0 Å². The summed E-state index contributed by atoms with van der Waals surface area (Å²) in [6.07, 6.45) is 1.54. The highest BCUT2D eigenvalue weighted by Gasteiger charge is 2.10. The van der Waals surface area contributed by atoms with E-state index in [9.17, 15) is 4.79 Å². The van der Waals surface area contributed by atoms with Crippen molar-refractivity contribution >= 4 is 30.6 Å². The molecule has 1 saturated heterocycles. The molecular formula is C8H14Cl2N4O. The van der Waals surface area contributed by atoms with Gasteiger partial charge in [-0.1, -0.05) is 0 Å². The van der Waals surface area contributed by atoms with Gasteiger partial charge in [-0.05, 0) is 6.07 Å². The molecule has 15 heavy (non-hydrogen) atoms. The maximum Gasteiger partial charge on any atom is 0.346 e. The summed E-state index contributed by atoms with van der Waals surface area (Å²) < 4.78 is 0. The molecule has 0 aliphatic carbocycles. The molecule has 7 heteroatoms. The SMILES string of the molecule is Cl.Cl.O=c1nccc(N2CCNCC2)[nH]1. The Kier molecular flexibility index (Phi) is 6.31. The number of nitrogens with zero attached hydrogens (tertiary/aromatic N) is 2. The van der Waals surface area contributed by atoms with E-state index in [0.29, 0.717) is 0 Å². The van der Waals surface area contributed by atoms with E-state index in [2.05, 4.69) is 20.2 Å². The summed E-state index contributed by atoms with van der Waals surface area (Å²) in [6, 6.07) is 1.83. The van der Waals surface area contributed by atoms with Gasteiger partial charge in [0.05, 0.1) is 0 Å². The number of aromatic amines is 1. The highest BCUT2D eigenvalue weighted by molar-refractivity contribution is 5.85. The number of piperazine rings is 1. The number of nitrogens with one attached hydrogen (secondary N) is 2. The van der Waals surface area contributed by atoms with E-state index < -0.39 is 0 Å². The van der Waals surface area contributed by atoms with Gasteiger partial charge in [0.1, 0.15) is 5.82 Å². The van der Waals surface area contributed by atoms with Gasteiger partial charge in [-0.2, -0.15) is 0 Å². The highest BCUT2D eigenvalue weighted by Crippen LogP contribution is 2.06. The molecule has 2 rings (SSSR count). The fourth-order valence-electron chi connectivity index (χ4n) is 1.45. The zero-order chi connectivity index (χ0) is 9.10. The minimum absolute atomic E-state index is 0. The largest absolute Gasteiger partial charge is 0.355 e. The van der Waals surface area contributed by atoms with Gasteiger partial charge in [-0.15, -0.1) is 24.8 Å². The third-order valence-electron chi connectivity index (χ3n) is 2.12. The molecule has 2 heterocycles.